The average Bonchev–Trinajstić information content (AvgIpc) is 2.51. The van der Waals surface area contributed by atoms with Crippen LogP contribution in [0, 0.1) is 0 Å². The van der Waals surface area contributed by atoms with Crippen LogP contribution in [0.5, 0.6) is 0 Å². The Labute approximate surface area is 125 Å². The molecule has 101 valence electrons. The third-order valence-corrected chi connectivity index (χ3v) is 3.23. The van der Waals surface area contributed by atoms with Crippen molar-refractivity contribution < 1.29 is 29.7 Å². The van der Waals surface area contributed by atoms with E-state index in [0.29, 0.717) is 0 Å². The van der Waals surface area contributed by atoms with E-state index in [2.05, 4.69) is 17.5 Å². The quantitative estimate of drug-likeness (QED) is 0.484. The predicted octanol–water partition coefficient (Wildman–Crippen LogP) is 0.815. The van der Waals surface area contributed by atoms with Crippen LogP contribution in [0.4, 0.5) is 0 Å². The Hall–Kier alpha value is -0.968. The molecule has 0 aliphatic carbocycles. The molecule has 1 heterocycles. The first kappa shape index (κ1) is 22.2. The molecule has 0 aliphatic heterocycles. The van der Waals surface area contributed by atoms with Crippen LogP contribution >= 0.6 is 11.3 Å². The second-order valence-electron chi connectivity index (χ2n) is 2.53. The van der Waals surface area contributed by atoms with E-state index >= 15 is 0 Å². The Morgan fingerprint density at radius 2 is 1.28 bits per heavy atom. The molecule has 0 aliphatic rings. The molecule has 0 spiro atoms. The first-order valence-corrected chi connectivity index (χ1v) is 7.25. The number of hydrogen-bond acceptors (Lipinski definition) is 4. The molecule has 6 nitrogen and oxygen atoms in total. The summed E-state index contributed by atoms with van der Waals surface area (Å²) in [5.74, 6) is -2.50. The summed E-state index contributed by atoms with van der Waals surface area (Å²) in [5, 5.41) is 24.4. The van der Waals surface area contributed by atoms with E-state index < -0.39 is 17.9 Å². The van der Waals surface area contributed by atoms with Gasteiger partial charge in [-0.2, -0.15) is 0 Å². The first-order valence-electron chi connectivity index (χ1n) is 4.43. The van der Waals surface area contributed by atoms with E-state index in [-0.39, 0.29) is 0 Å². The van der Waals surface area contributed by atoms with Gasteiger partial charge in [-0.05, 0) is 0 Å². The molecule has 3 N–H and O–H groups in total. The molecule has 0 saturated heterocycles. The summed E-state index contributed by atoms with van der Waals surface area (Å²) in [6, 6.07) is 4.25. The molecule has 18 heavy (non-hydrogen) atoms. The molecule has 0 aromatic carbocycles. The van der Waals surface area contributed by atoms with Gasteiger partial charge >= 0.3 is 57.1 Å². The average molecular weight is 470 g/mol. The van der Waals surface area contributed by atoms with Gasteiger partial charge in [-0.1, -0.05) is 0 Å². The van der Waals surface area contributed by atoms with E-state index in [1.54, 1.807) is 0 Å². The Morgan fingerprint density at radius 3 is 1.33 bits per heavy atom. The van der Waals surface area contributed by atoms with Crippen LogP contribution < -0.4 is 2.44 Å². The molecule has 1 aromatic heterocycles. The van der Waals surface area contributed by atoms with Gasteiger partial charge in [0.05, 0.1) is 0 Å². The van der Waals surface area contributed by atoms with Crippen molar-refractivity contribution in [3.05, 3.63) is 17.5 Å². The zero-order valence-electron chi connectivity index (χ0n) is 10.2. The van der Waals surface area contributed by atoms with Crippen LogP contribution in [0.1, 0.15) is 20.8 Å². The fourth-order valence-electron chi connectivity index (χ4n) is 0.279. The van der Waals surface area contributed by atoms with E-state index in [1.165, 1.54) is 28.2 Å². The minimum absolute atomic E-state index is 0.833. The van der Waals surface area contributed by atoms with Crippen molar-refractivity contribution in [2.45, 2.75) is 20.8 Å². The molecule has 0 saturated carbocycles. The van der Waals surface area contributed by atoms with Crippen LogP contribution in [0.15, 0.2) is 17.5 Å². The second kappa shape index (κ2) is 16.0. The standard InChI is InChI=1S/C4H3S.3C2H4O2.Pb/c1-2-4-5-3-1;3*1-2(3)4;/h1-3H;3*1H3,(H,3,4);. The van der Waals surface area contributed by atoms with Crippen molar-refractivity contribution in [2.24, 2.45) is 0 Å². The maximum atomic E-state index is 9.00. The molecule has 0 amide bonds. The van der Waals surface area contributed by atoms with Crippen molar-refractivity contribution in [2.75, 3.05) is 0 Å². The summed E-state index contributed by atoms with van der Waals surface area (Å²) in [5.41, 5.74) is 0. The van der Waals surface area contributed by atoms with Crippen molar-refractivity contribution in [1.82, 2.24) is 0 Å². The Kier molecular flexibility index (Phi) is 19.8. The molecule has 1 aromatic rings. The molecule has 0 bridgehead atoms. The number of carboxylic acids is 3. The van der Waals surface area contributed by atoms with Gasteiger partial charge in [0.15, 0.2) is 0 Å². The van der Waals surface area contributed by atoms with Crippen LogP contribution in [0.25, 0.3) is 0 Å². The van der Waals surface area contributed by atoms with Gasteiger partial charge in [0.25, 0.3) is 17.9 Å². The topological polar surface area (TPSA) is 112 Å². The maximum absolute atomic E-state index is 9.00. The molecule has 8 heteroatoms. The number of rotatable bonds is 0. The molecule has 0 fully saturated rings. The van der Waals surface area contributed by atoms with Gasteiger partial charge in [-0.15, -0.1) is 0 Å². The van der Waals surface area contributed by atoms with Gasteiger partial charge in [0, 0.05) is 20.8 Å². The van der Waals surface area contributed by atoms with Gasteiger partial charge < -0.3 is 15.3 Å². The molecule has 0 unspecified atom stereocenters. The molecule has 1 rings (SSSR count). The van der Waals surface area contributed by atoms with Crippen molar-refractivity contribution in [3.63, 3.8) is 0 Å². The second-order valence-corrected chi connectivity index (χ2v) is 6.98. The Morgan fingerprint density at radius 1 is 1.00 bits per heavy atom. The van der Waals surface area contributed by atoms with E-state index in [0.717, 1.165) is 20.8 Å². The van der Waals surface area contributed by atoms with E-state index in [9.17, 15) is 0 Å². The van der Waals surface area contributed by atoms with E-state index in [1.807, 2.05) is 11.3 Å². The molecular weight excluding hydrogens is 455 g/mol. The number of aliphatic carboxylic acids is 3. The van der Waals surface area contributed by atoms with Crippen LogP contribution in [0.3, 0.4) is 0 Å². The zero-order chi connectivity index (χ0) is 15.1. The number of hydrogen-bond donors (Lipinski definition) is 3. The number of carbonyl (C=O) groups is 3. The van der Waals surface area contributed by atoms with Crippen molar-refractivity contribution >= 4 is 57.4 Å². The summed E-state index contributed by atoms with van der Waals surface area (Å²) in [4.78, 5) is 27.0. The van der Waals surface area contributed by atoms with Gasteiger partial charge in [-0.3, -0.25) is 14.4 Å². The Balaban J connectivity index is -0.000000171. The number of carboxylic acid groups (broad SMARTS) is 3. The normalized spacial score (nSPS) is 7.11. The third-order valence-electron chi connectivity index (χ3n) is 0.521. The summed E-state index contributed by atoms with van der Waals surface area (Å²) >= 11 is 3.05. The predicted molar refractivity (Wildman–Crippen MR) is 69.6 cm³/mol. The monoisotopic (exact) mass is 471 g/mol. The summed E-state index contributed by atoms with van der Waals surface area (Å²) < 4.78 is 1.52. The van der Waals surface area contributed by atoms with Gasteiger partial charge in [0.2, 0.25) is 0 Å². The SMILES string of the molecule is CC(=O)O.CC(=O)O.CC(=O)O.[Pb][c]1cccs1. The Bertz CT molecular complexity index is 296. The van der Waals surface area contributed by atoms with Gasteiger partial charge in [-0.25, -0.2) is 0 Å². The zero-order valence-corrected chi connectivity index (χ0v) is 14.9. The summed E-state index contributed by atoms with van der Waals surface area (Å²) in [6.07, 6.45) is 0. The third kappa shape index (κ3) is 81.3. The molecular formula is C10H15O6PbS. The first-order chi connectivity index (χ1) is 8.09. The van der Waals surface area contributed by atoms with Gasteiger partial charge in [0.1, 0.15) is 0 Å². The number of thiophene rings is 1. The minimum atomic E-state index is -0.833. The van der Waals surface area contributed by atoms with E-state index in [4.69, 9.17) is 29.7 Å². The molecule has 3 radical (unpaired) electrons. The van der Waals surface area contributed by atoms with Crippen LogP contribution in [-0.2, 0) is 14.4 Å². The summed E-state index contributed by atoms with van der Waals surface area (Å²) in [7, 11) is 0. The van der Waals surface area contributed by atoms with Crippen molar-refractivity contribution in [1.29, 1.82) is 0 Å². The summed E-state index contributed by atoms with van der Waals surface area (Å²) in [6.45, 7) is 3.25. The van der Waals surface area contributed by atoms with Crippen LogP contribution in [-0.4, -0.2) is 59.0 Å². The van der Waals surface area contributed by atoms with Crippen LogP contribution in [0.2, 0.25) is 0 Å². The fraction of sp³-hybridized carbons (Fsp3) is 0.300. The fourth-order valence-corrected chi connectivity index (χ4v) is 1.91. The molecule has 0 atom stereocenters. The van der Waals surface area contributed by atoms with Crippen molar-refractivity contribution in [3.8, 4) is 0 Å².